The van der Waals surface area contributed by atoms with Crippen LogP contribution < -0.4 is 0 Å². The van der Waals surface area contributed by atoms with Crippen LogP contribution in [0.15, 0.2) is 18.5 Å². The van der Waals surface area contributed by atoms with E-state index in [1.165, 1.54) is 10.8 Å². The number of pyridine rings is 1. The average Bonchev–Trinajstić information content (AvgIpc) is 2.75. The van der Waals surface area contributed by atoms with E-state index in [0.29, 0.717) is 11.4 Å². The Morgan fingerprint density at radius 1 is 1.24 bits per heavy atom. The van der Waals surface area contributed by atoms with Gasteiger partial charge in [-0.3, -0.25) is 4.57 Å². The number of hydrogen-bond donors (Lipinski definition) is 0. The van der Waals surface area contributed by atoms with Crippen molar-refractivity contribution in [2.24, 2.45) is 0 Å². The van der Waals surface area contributed by atoms with E-state index in [2.05, 4.69) is 16.0 Å². The van der Waals surface area contributed by atoms with Crippen LogP contribution in [0.5, 0.6) is 0 Å². The van der Waals surface area contributed by atoms with Crippen molar-refractivity contribution < 1.29 is 0 Å². The normalized spacial score (nSPS) is 9.65. The van der Waals surface area contributed by atoms with Gasteiger partial charge in [-0.05, 0) is 25.5 Å². The Hall–Kier alpha value is -2.66. The van der Waals surface area contributed by atoms with Crippen LogP contribution in [0.3, 0.4) is 0 Å². The third-order valence-electron chi connectivity index (χ3n) is 2.41. The fourth-order valence-corrected chi connectivity index (χ4v) is 1.69. The first-order valence-electron chi connectivity index (χ1n) is 4.99. The lowest BCUT2D eigenvalue weighted by Gasteiger charge is -2.08. The molecule has 0 spiro atoms. The molecule has 2 heterocycles. The van der Waals surface area contributed by atoms with E-state index in [1.54, 1.807) is 6.20 Å². The van der Waals surface area contributed by atoms with Crippen molar-refractivity contribution in [3.63, 3.8) is 0 Å². The van der Waals surface area contributed by atoms with Crippen molar-refractivity contribution in [1.82, 2.24) is 14.5 Å². The number of hydrogen-bond acceptors (Lipinski definition) is 4. The van der Waals surface area contributed by atoms with Gasteiger partial charge in [0.25, 0.3) is 0 Å². The van der Waals surface area contributed by atoms with Crippen LogP contribution in [0.1, 0.15) is 22.6 Å². The van der Waals surface area contributed by atoms with Crippen LogP contribution in [0.2, 0.25) is 0 Å². The minimum Gasteiger partial charge on any atom is -0.274 e. The lowest BCUT2D eigenvalue weighted by molar-refractivity contribution is 0.941. The number of aromatic nitrogens is 3. The summed E-state index contributed by atoms with van der Waals surface area (Å²) in [5, 5.41) is 18.1. The first-order chi connectivity index (χ1) is 8.17. The molecular formula is C12H9N5. The molecule has 0 radical (unpaired) electrons. The van der Waals surface area contributed by atoms with E-state index in [-0.39, 0.29) is 5.82 Å². The van der Waals surface area contributed by atoms with Gasteiger partial charge in [0.15, 0.2) is 5.82 Å². The summed E-state index contributed by atoms with van der Waals surface area (Å²) in [4.78, 5) is 8.20. The second-order valence-electron chi connectivity index (χ2n) is 3.62. The van der Waals surface area contributed by atoms with Crippen LogP contribution in [0.25, 0.3) is 5.82 Å². The molecule has 0 aliphatic heterocycles. The van der Waals surface area contributed by atoms with Crippen molar-refractivity contribution in [2.75, 3.05) is 0 Å². The molecule has 5 heteroatoms. The lowest BCUT2D eigenvalue weighted by Crippen LogP contribution is -2.05. The third kappa shape index (κ3) is 1.75. The van der Waals surface area contributed by atoms with Crippen LogP contribution in [-0.2, 0) is 0 Å². The second-order valence-corrected chi connectivity index (χ2v) is 3.62. The highest BCUT2D eigenvalue weighted by molar-refractivity contribution is 5.50. The van der Waals surface area contributed by atoms with Gasteiger partial charge in [0.2, 0.25) is 5.82 Å². The van der Waals surface area contributed by atoms with Gasteiger partial charge in [-0.15, -0.1) is 0 Å². The van der Waals surface area contributed by atoms with E-state index < -0.39 is 0 Å². The maximum Gasteiger partial charge on any atom is 0.218 e. The van der Waals surface area contributed by atoms with Crippen LogP contribution >= 0.6 is 0 Å². The van der Waals surface area contributed by atoms with Crippen molar-refractivity contribution >= 4 is 0 Å². The Balaban J connectivity index is 2.77. The Morgan fingerprint density at radius 2 is 2.00 bits per heavy atom. The molecule has 0 aliphatic carbocycles. The van der Waals surface area contributed by atoms with Crippen molar-refractivity contribution in [3.8, 4) is 18.0 Å². The topological polar surface area (TPSA) is 78.3 Å². The van der Waals surface area contributed by atoms with Gasteiger partial charge >= 0.3 is 0 Å². The highest BCUT2D eigenvalue weighted by Gasteiger charge is 2.13. The predicted octanol–water partition coefficient (Wildman–Crippen LogP) is 1.63. The van der Waals surface area contributed by atoms with Gasteiger partial charge in [-0.25, -0.2) is 9.97 Å². The summed E-state index contributed by atoms with van der Waals surface area (Å²) >= 11 is 0. The molecule has 17 heavy (non-hydrogen) atoms. The summed E-state index contributed by atoms with van der Waals surface area (Å²) in [5.74, 6) is 0.679. The Morgan fingerprint density at radius 3 is 2.65 bits per heavy atom. The SMILES string of the molecule is Cc1cc(C)c(C#N)c(-n2ccnc2C#N)n1. The molecule has 0 aromatic carbocycles. The summed E-state index contributed by atoms with van der Waals surface area (Å²) in [6, 6.07) is 5.92. The predicted molar refractivity (Wildman–Crippen MR) is 60.3 cm³/mol. The van der Waals surface area contributed by atoms with E-state index in [1.807, 2.05) is 26.0 Å². The molecule has 0 amide bonds. The minimum atomic E-state index is 0.221. The molecule has 82 valence electrons. The monoisotopic (exact) mass is 223 g/mol. The molecular weight excluding hydrogens is 214 g/mol. The van der Waals surface area contributed by atoms with E-state index in [0.717, 1.165) is 11.3 Å². The number of imidazole rings is 1. The van der Waals surface area contributed by atoms with E-state index in [4.69, 9.17) is 10.5 Å². The smallest absolute Gasteiger partial charge is 0.218 e. The highest BCUT2D eigenvalue weighted by Crippen LogP contribution is 2.17. The quantitative estimate of drug-likeness (QED) is 0.736. The molecule has 0 fully saturated rings. The molecule has 0 unspecified atom stereocenters. The Bertz CT molecular complexity index is 655. The summed E-state index contributed by atoms with van der Waals surface area (Å²) in [6.45, 7) is 3.69. The highest BCUT2D eigenvalue weighted by atomic mass is 15.1. The fourth-order valence-electron chi connectivity index (χ4n) is 1.69. The van der Waals surface area contributed by atoms with Crippen molar-refractivity contribution in [3.05, 3.63) is 41.1 Å². The van der Waals surface area contributed by atoms with Gasteiger partial charge < -0.3 is 0 Å². The first kappa shape index (κ1) is 10.8. The Kier molecular flexibility index (Phi) is 2.60. The number of nitriles is 2. The summed E-state index contributed by atoms with van der Waals surface area (Å²) in [7, 11) is 0. The molecule has 2 rings (SSSR count). The summed E-state index contributed by atoms with van der Waals surface area (Å²) in [5.41, 5.74) is 2.10. The summed E-state index contributed by atoms with van der Waals surface area (Å²) < 4.78 is 1.53. The molecule has 0 bridgehead atoms. The maximum atomic E-state index is 9.15. The second kappa shape index (κ2) is 4.07. The van der Waals surface area contributed by atoms with Crippen molar-refractivity contribution in [2.45, 2.75) is 13.8 Å². The van der Waals surface area contributed by atoms with E-state index in [9.17, 15) is 0 Å². The fraction of sp³-hybridized carbons (Fsp3) is 0.167. The minimum absolute atomic E-state index is 0.221. The van der Waals surface area contributed by atoms with Gasteiger partial charge in [-0.2, -0.15) is 10.5 Å². The third-order valence-corrected chi connectivity index (χ3v) is 2.41. The van der Waals surface area contributed by atoms with Gasteiger partial charge in [0.05, 0.1) is 5.56 Å². The molecule has 0 N–H and O–H groups in total. The zero-order valence-electron chi connectivity index (χ0n) is 9.47. The number of nitrogens with zero attached hydrogens (tertiary/aromatic N) is 5. The molecule has 0 saturated carbocycles. The largest absolute Gasteiger partial charge is 0.274 e. The molecule has 2 aromatic heterocycles. The van der Waals surface area contributed by atoms with Gasteiger partial charge in [-0.1, -0.05) is 0 Å². The molecule has 5 nitrogen and oxygen atoms in total. The number of rotatable bonds is 1. The lowest BCUT2D eigenvalue weighted by atomic mass is 10.1. The zero-order valence-corrected chi connectivity index (χ0v) is 9.47. The van der Waals surface area contributed by atoms with Crippen LogP contribution in [0.4, 0.5) is 0 Å². The average molecular weight is 223 g/mol. The Labute approximate surface area is 98.6 Å². The van der Waals surface area contributed by atoms with Gasteiger partial charge in [0, 0.05) is 18.1 Å². The molecule has 2 aromatic rings. The molecule has 0 saturated heterocycles. The zero-order chi connectivity index (χ0) is 12.4. The molecule has 0 aliphatic rings. The summed E-state index contributed by atoms with van der Waals surface area (Å²) in [6.07, 6.45) is 3.14. The number of aryl methyl sites for hydroxylation is 2. The van der Waals surface area contributed by atoms with Gasteiger partial charge in [0.1, 0.15) is 12.1 Å². The standard InChI is InChI=1S/C12H9N5/c1-8-5-9(2)16-12(10(8)6-13)17-4-3-15-11(17)7-14/h3-5H,1-2H3. The van der Waals surface area contributed by atoms with E-state index >= 15 is 0 Å². The molecule has 0 atom stereocenters. The maximum absolute atomic E-state index is 9.15. The van der Waals surface area contributed by atoms with Crippen LogP contribution in [-0.4, -0.2) is 14.5 Å². The van der Waals surface area contributed by atoms with Crippen molar-refractivity contribution in [1.29, 1.82) is 10.5 Å². The van der Waals surface area contributed by atoms with Crippen LogP contribution in [0, 0.1) is 36.5 Å². The first-order valence-corrected chi connectivity index (χ1v) is 4.99.